The summed E-state index contributed by atoms with van der Waals surface area (Å²) < 4.78 is 18.6. The highest BCUT2D eigenvalue weighted by molar-refractivity contribution is 8.19. The number of thioether (sulfide) groups is 2. The highest BCUT2D eigenvalue weighted by Crippen LogP contribution is 2.45. The van der Waals surface area contributed by atoms with E-state index in [0.29, 0.717) is 15.9 Å². The zero-order valence-electron chi connectivity index (χ0n) is 14.5. The lowest BCUT2D eigenvalue weighted by molar-refractivity contribution is -0.144. The van der Waals surface area contributed by atoms with Gasteiger partial charge in [-0.05, 0) is 29.8 Å². The molecule has 3 rings (SSSR count). The molecule has 0 radical (unpaired) electrons. The van der Waals surface area contributed by atoms with Gasteiger partial charge in [-0.3, -0.25) is 0 Å². The van der Waals surface area contributed by atoms with Gasteiger partial charge in [-0.15, -0.1) is 23.5 Å². The molecule has 0 bridgehead atoms. The van der Waals surface area contributed by atoms with E-state index in [4.69, 9.17) is 15.3 Å². The number of hydrogen-bond acceptors (Lipinski definition) is 6. The van der Waals surface area contributed by atoms with E-state index < -0.39 is 5.97 Å². The molecule has 1 aliphatic heterocycles. The zero-order chi connectivity index (χ0) is 19.1. The topological polar surface area (TPSA) is 73.9 Å². The Bertz CT molecular complexity index is 792. The van der Waals surface area contributed by atoms with E-state index in [1.807, 2.05) is 47.8 Å². The van der Waals surface area contributed by atoms with Gasteiger partial charge in [0.25, 0.3) is 0 Å². The minimum atomic E-state index is -0.560. The van der Waals surface area contributed by atoms with Crippen LogP contribution in [-0.2, 0) is 9.63 Å². The van der Waals surface area contributed by atoms with Gasteiger partial charge < -0.3 is 15.3 Å². The molecule has 8 heteroatoms. The molecular weight excluding hydrogens is 387 g/mol. The van der Waals surface area contributed by atoms with E-state index >= 15 is 0 Å². The van der Waals surface area contributed by atoms with Gasteiger partial charge in [0.2, 0.25) is 0 Å². The van der Waals surface area contributed by atoms with Crippen LogP contribution in [0.25, 0.3) is 0 Å². The number of benzene rings is 2. The summed E-state index contributed by atoms with van der Waals surface area (Å²) in [5.74, 6) is 2.05. The van der Waals surface area contributed by atoms with Crippen LogP contribution in [-0.4, -0.2) is 29.9 Å². The summed E-state index contributed by atoms with van der Waals surface area (Å²) >= 11 is 3.86. The summed E-state index contributed by atoms with van der Waals surface area (Å²) in [6, 6.07) is 13.3. The minimum Gasteiger partial charge on any atom is -0.493 e. The maximum Gasteiger partial charge on any atom is 0.338 e. The number of rotatable bonds is 7. The van der Waals surface area contributed by atoms with E-state index in [1.165, 1.54) is 41.3 Å². The third-order valence-electron chi connectivity index (χ3n) is 3.73. The molecule has 2 aromatic carbocycles. The van der Waals surface area contributed by atoms with Crippen molar-refractivity contribution in [3.63, 3.8) is 0 Å². The van der Waals surface area contributed by atoms with E-state index in [9.17, 15) is 9.18 Å². The predicted molar refractivity (Wildman–Crippen MR) is 107 cm³/mol. The van der Waals surface area contributed by atoms with Crippen LogP contribution < -0.4 is 10.5 Å². The van der Waals surface area contributed by atoms with Crippen LogP contribution in [0.1, 0.15) is 22.1 Å². The van der Waals surface area contributed by atoms with Gasteiger partial charge in [0.1, 0.15) is 11.6 Å². The van der Waals surface area contributed by atoms with Crippen LogP contribution in [0.2, 0.25) is 0 Å². The summed E-state index contributed by atoms with van der Waals surface area (Å²) in [4.78, 5) is 16.5. The monoisotopic (exact) mass is 406 g/mol. The molecule has 1 saturated heterocycles. The van der Waals surface area contributed by atoms with Crippen molar-refractivity contribution in [1.82, 2.24) is 0 Å². The lowest BCUT2D eigenvalue weighted by Gasteiger charge is -2.09. The summed E-state index contributed by atoms with van der Waals surface area (Å²) in [6.07, 6.45) is 0.00319. The summed E-state index contributed by atoms with van der Waals surface area (Å²) in [7, 11) is 0. The van der Waals surface area contributed by atoms with Gasteiger partial charge in [-0.25, -0.2) is 9.18 Å². The molecule has 0 aliphatic carbocycles. The standard InChI is InChI=1S/C19H19FN2O3S2/c20-15-5-7-16(8-6-15)24-10-9-17(23)25-22-18(21)13-1-3-14(4-2-13)19-26-11-12-27-19/h1-8,19H,9-12H2,(H2,21,22). The molecule has 142 valence electrons. The molecule has 1 fully saturated rings. The average molecular weight is 407 g/mol. The number of nitrogens with zero attached hydrogens (tertiary/aromatic N) is 1. The van der Waals surface area contributed by atoms with Gasteiger partial charge in [0, 0.05) is 17.1 Å². The first kappa shape index (κ1) is 19.6. The zero-order valence-corrected chi connectivity index (χ0v) is 16.1. The van der Waals surface area contributed by atoms with Crippen LogP contribution in [0.3, 0.4) is 0 Å². The quantitative estimate of drug-likeness (QED) is 0.325. The van der Waals surface area contributed by atoms with Crippen molar-refractivity contribution in [1.29, 1.82) is 0 Å². The summed E-state index contributed by atoms with van der Waals surface area (Å²) in [6.45, 7) is 0.102. The van der Waals surface area contributed by atoms with Crippen LogP contribution in [0.5, 0.6) is 5.75 Å². The Kier molecular flexibility index (Phi) is 7.00. The molecule has 0 amide bonds. The third kappa shape index (κ3) is 5.90. The van der Waals surface area contributed by atoms with Crippen molar-refractivity contribution in [3.05, 3.63) is 65.5 Å². The Hall–Kier alpha value is -2.19. The Balaban J connectivity index is 1.44. The van der Waals surface area contributed by atoms with Crippen molar-refractivity contribution in [2.75, 3.05) is 18.1 Å². The smallest absolute Gasteiger partial charge is 0.338 e. The molecule has 27 heavy (non-hydrogen) atoms. The molecule has 0 unspecified atom stereocenters. The lowest BCUT2D eigenvalue weighted by atomic mass is 10.1. The number of ether oxygens (including phenoxy) is 1. The van der Waals surface area contributed by atoms with Gasteiger partial charge in [-0.1, -0.05) is 29.4 Å². The fourth-order valence-corrected chi connectivity index (χ4v) is 5.20. The van der Waals surface area contributed by atoms with Gasteiger partial charge in [0.15, 0.2) is 5.84 Å². The summed E-state index contributed by atoms with van der Waals surface area (Å²) in [5.41, 5.74) is 7.82. The first-order chi connectivity index (χ1) is 13.1. The highest BCUT2D eigenvalue weighted by atomic mass is 32.2. The fraction of sp³-hybridized carbons (Fsp3) is 0.263. The van der Waals surface area contributed by atoms with Crippen LogP contribution in [0.15, 0.2) is 53.7 Å². The number of nitrogens with two attached hydrogens (primary N) is 1. The van der Waals surface area contributed by atoms with Crippen LogP contribution in [0, 0.1) is 5.82 Å². The molecule has 2 aromatic rings. The molecule has 5 nitrogen and oxygen atoms in total. The van der Waals surface area contributed by atoms with Crippen molar-refractivity contribution in [2.24, 2.45) is 10.9 Å². The van der Waals surface area contributed by atoms with Crippen LogP contribution in [0.4, 0.5) is 4.39 Å². The Morgan fingerprint density at radius 1 is 1.11 bits per heavy atom. The van der Waals surface area contributed by atoms with Gasteiger partial charge in [-0.2, -0.15) is 0 Å². The molecule has 0 spiro atoms. The van der Waals surface area contributed by atoms with Crippen molar-refractivity contribution in [2.45, 2.75) is 11.0 Å². The predicted octanol–water partition coefficient (Wildman–Crippen LogP) is 3.94. The van der Waals surface area contributed by atoms with E-state index in [2.05, 4.69) is 5.16 Å². The van der Waals surface area contributed by atoms with E-state index in [-0.39, 0.29) is 24.7 Å². The van der Waals surface area contributed by atoms with Crippen molar-refractivity contribution < 1.29 is 18.8 Å². The molecule has 0 atom stereocenters. The first-order valence-corrected chi connectivity index (χ1v) is 10.5. The number of amidine groups is 1. The van der Waals surface area contributed by atoms with Crippen LogP contribution >= 0.6 is 23.5 Å². The first-order valence-electron chi connectivity index (χ1n) is 8.37. The number of carbonyl (C=O) groups is 1. The highest BCUT2D eigenvalue weighted by Gasteiger charge is 2.18. The van der Waals surface area contributed by atoms with Crippen molar-refractivity contribution >= 4 is 35.3 Å². The Morgan fingerprint density at radius 3 is 2.44 bits per heavy atom. The van der Waals surface area contributed by atoms with Gasteiger partial charge in [0.05, 0.1) is 17.6 Å². The lowest BCUT2D eigenvalue weighted by Crippen LogP contribution is -2.16. The molecule has 0 aromatic heterocycles. The molecule has 1 aliphatic rings. The largest absolute Gasteiger partial charge is 0.493 e. The SMILES string of the molecule is NC(=NOC(=O)CCOc1ccc(F)cc1)c1ccc(C2SCCS2)cc1. The number of halogens is 1. The third-order valence-corrected chi connectivity index (χ3v) is 6.84. The van der Waals surface area contributed by atoms with E-state index in [0.717, 1.165) is 0 Å². The van der Waals surface area contributed by atoms with Gasteiger partial charge >= 0.3 is 5.97 Å². The summed E-state index contributed by atoms with van der Waals surface area (Å²) in [5, 5.41) is 3.69. The number of carbonyl (C=O) groups excluding carboxylic acids is 1. The molecule has 1 heterocycles. The second-order valence-corrected chi connectivity index (χ2v) is 8.41. The second kappa shape index (κ2) is 9.66. The fourth-order valence-electron chi connectivity index (χ4n) is 2.34. The van der Waals surface area contributed by atoms with Crippen molar-refractivity contribution in [3.8, 4) is 5.75 Å². The average Bonchev–Trinajstić information content (AvgIpc) is 3.22. The number of oxime groups is 1. The molecule has 0 saturated carbocycles. The van der Waals surface area contributed by atoms with E-state index in [1.54, 1.807) is 0 Å². The normalized spacial score (nSPS) is 14.9. The molecular formula is C19H19FN2O3S2. The minimum absolute atomic E-state index is 0.00319. The maximum absolute atomic E-state index is 12.8. The Labute approximate surface area is 165 Å². The maximum atomic E-state index is 12.8. The molecule has 2 N–H and O–H groups in total. The Morgan fingerprint density at radius 2 is 1.78 bits per heavy atom. The second-order valence-electron chi connectivity index (χ2n) is 5.69. The number of hydrogen-bond donors (Lipinski definition) is 1.